The quantitative estimate of drug-likeness (QED) is 0.232. The van der Waals surface area contributed by atoms with E-state index in [9.17, 15) is 4.39 Å². The van der Waals surface area contributed by atoms with Gasteiger partial charge >= 0.3 is 0 Å². The van der Waals surface area contributed by atoms with Gasteiger partial charge in [0.1, 0.15) is 6.67 Å². The number of alkyl halides is 1. The highest BCUT2D eigenvalue weighted by molar-refractivity contribution is 5.76. The topological polar surface area (TPSA) is 76.9 Å². The third-order valence-electron chi connectivity index (χ3n) is 0.720. The summed E-state index contributed by atoms with van der Waals surface area (Å²) in [6.07, 6.45) is 1.55. The molecule has 4 nitrogen and oxygen atoms in total. The number of guanidine groups is 1. The predicted octanol–water partition coefficient (Wildman–Crippen LogP) is -0.368. The van der Waals surface area contributed by atoms with E-state index in [4.69, 9.17) is 16.4 Å². The van der Waals surface area contributed by atoms with Gasteiger partial charge < -0.3 is 5.73 Å². The summed E-state index contributed by atoms with van der Waals surface area (Å²) in [5.41, 5.74) is 4.85. The molecule has 3 N–H and O–H groups in total. The lowest BCUT2D eigenvalue weighted by Crippen LogP contribution is -2.33. The molecule has 0 rings (SSSR count). The van der Waals surface area contributed by atoms with Crippen molar-refractivity contribution in [3.63, 3.8) is 0 Å². The van der Waals surface area contributed by atoms with E-state index in [2.05, 4.69) is 0 Å². The van der Waals surface area contributed by atoms with E-state index in [-0.39, 0.29) is 6.54 Å². The minimum Gasteiger partial charge on any atom is -0.369 e. The molecule has 0 saturated carbocycles. The van der Waals surface area contributed by atoms with Crippen LogP contribution in [0.3, 0.4) is 0 Å². The van der Waals surface area contributed by atoms with Crippen molar-refractivity contribution in [2.75, 3.05) is 13.2 Å². The summed E-state index contributed by atoms with van der Waals surface area (Å²) in [5.74, 6) is -0.421. The van der Waals surface area contributed by atoms with E-state index < -0.39 is 12.6 Å². The summed E-state index contributed by atoms with van der Waals surface area (Å²) >= 11 is 0. The van der Waals surface area contributed by atoms with Crippen LogP contribution in [0.4, 0.5) is 4.39 Å². The summed E-state index contributed by atoms with van der Waals surface area (Å²) in [6.45, 7) is -0.807. The van der Waals surface area contributed by atoms with Crippen LogP contribution < -0.4 is 5.73 Å². The van der Waals surface area contributed by atoms with Crippen molar-refractivity contribution >= 4 is 5.96 Å². The van der Waals surface area contributed by atoms with Crippen LogP contribution in [-0.4, -0.2) is 24.1 Å². The number of hydrogen-bond acceptors (Lipinski definition) is 2. The van der Waals surface area contributed by atoms with Gasteiger partial charge in [0.15, 0.2) is 6.19 Å². The number of nitrogens with one attached hydrogen (secondary N) is 1. The van der Waals surface area contributed by atoms with Crippen LogP contribution >= 0.6 is 0 Å². The molecule has 50 valence electrons. The fourth-order valence-electron chi connectivity index (χ4n) is 0.309. The molecule has 0 aliphatic carbocycles. The molecule has 0 spiro atoms. The Labute approximate surface area is 52.2 Å². The lowest BCUT2D eigenvalue weighted by atomic mass is 10.6. The number of nitrogens with zero attached hydrogens (tertiary/aromatic N) is 2. The zero-order chi connectivity index (χ0) is 7.28. The first kappa shape index (κ1) is 7.69. The normalized spacial score (nSPS) is 8.00. The molecule has 0 atom stereocenters. The molecule has 0 bridgehead atoms. The molecule has 0 heterocycles. The summed E-state index contributed by atoms with van der Waals surface area (Å²) < 4.78 is 11.4. The highest BCUT2D eigenvalue weighted by Crippen LogP contribution is 1.81. The van der Waals surface area contributed by atoms with Crippen LogP contribution in [0.1, 0.15) is 0 Å². The number of hydrogen-bond donors (Lipinski definition) is 2. The first-order valence-corrected chi connectivity index (χ1v) is 2.29. The van der Waals surface area contributed by atoms with Crippen molar-refractivity contribution in [3.05, 3.63) is 0 Å². The molecule has 0 fully saturated rings. The lowest BCUT2D eigenvalue weighted by molar-refractivity contribution is 0.420. The monoisotopic (exact) mass is 130 g/mol. The van der Waals surface area contributed by atoms with E-state index in [1.807, 2.05) is 0 Å². The standard InChI is InChI=1S/C4H7FN4/c5-1-2-9(3-6)4(7)8/h1-2H2,(H3,7,8). The number of nitrogens with two attached hydrogens (primary N) is 1. The fraction of sp³-hybridized carbons (Fsp3) is 0.500. The molecule has 0 amide bonds. The molecule has 0 aliphatic heterocycles. The highest BCUT2D eigenvalue weighted by Gasteiger charge is 2.01. The Kier molecular flexibility index (Phi) is 3.13. The first-order chi connectivity index (χ1) is 4.22. The molecule has 0 unspecified atom stereocenters. The van der Waals surface area contributed by atoms with Crippen LogP contribution in [-0.2, 0) is 0 Å². The second kappa shape index (κ2) is 3.66. The van der Waals surface area contributed by atoms with Crippen molar-refractivity contribution in [2.45, 2.75) is 0 Å². The van der Waals surface area contributed by atoms with Gasteiger partial charge in [0.25, 0.3) is 0 Å². The molecule has 9 heavy (non-hydrogen) atoms. The molecule has 0 aromatic heterocycles. The average Bonchev–Trinajstić information content (AvgIpc) is 1.82. The maximum absolute atomic E-state index is 11.4. The third-order valence-corrected chi connectivity index (χ3v) is 0.720. The number of rotatable bonds is 2. The molecular formula is C4H7FN4. The van der Waals surface area contributed by atoms with Crippen LogP contribution in [0, 0.1) is 16.9 Å². The van der Waals surface area contributed by atoms with Gasteiger partial charge in [-0.15, -0.1) is 0 Å². The Morgan fingerprint density at radius 1 is 1.89 bits per heavy atom. The Hall–Kier alpha value is -1.31. The van der Waals surface area contributed by atoms with Crippen molar-refractivity contribution in [1.29, 1.82) is 10.7 Å². The smallest absolute Gasteiger partial charge is 0.201 e. The second-order valence-corrected chi connectivity index (χ2v) is 1.33. The van der Waals surface area contributed by atoms with Crippen molar-refractivity contribution in [2.24, 2.45) is 5.73 Å². The zero-order valence-corrected chi connectivity index (χ0v) is 4.76. The van der Waals surface area contributed by atoms with Crippen molar-refractivity contribution in [3.8, 4) is 6.19 Å². The van der Waals surface area contributed by atoms with Crippen LogP contribution in [0.15, 0.2) is 0 Å². The van der Waals surface area contributed by atoms with Crippen LogP contribution in [0.25, 0.3) is 0 Å². The van der Waals surface area contributed by atoms with Gasteiger partial charge in [-0.05, 0) is 0 Å². The fourth-order valence-corrected chi connectivity index (χ4v) is 0.309. The zero-order valence-electron chi connectivity index (χ0n) is 4.76. The molecule has 0 aromatic carbocycles. The molecule has 0 saturated heterocycles. The van der Waals surface area contributed by atoms with Gasteiger partial charge in [0.2, 0.25) is 5.96 Å². The van der Waals surface area contributed by atoms with Crippen molar-refractivity contribution in [1.82, 2.24) is 4.90 Å². The van der Waals surface area contributed by atoms with Gasteiger partial charge in [-0.25, -0.2) is 9.29 Å². The van der Waals surface area contributed by atoms with E-state index in [0.717, 1.165) is 4.90 Å². The summed E-state index contributed by atoms with van der Waals surface area (Å²) in [5, 5.41) is 14.8. The summed E-state index contributed by atoms with van der Waals surface area (Å²) in [7, 11) is 0. The van der Waals surface area contributed by atoms with Gasteiger partial charge in [-0.1, -0.05) is 0 Å². The molecule has 0 aliphatic rings. The molecule has 5 heteroatoms. The van der Waals surface area contributed by atoms with E-state index in [1.165, 1.54) is 0 Å². The first-order valence-electron chi connectivity index (χ1n) is 2.29. The van der Waals surface area contributed by atoms with E-state index in [1.54, 1.807) is 6.19 Å². The van der Waals surface area contributed by atoms with Gasteiger partial charge in [-0.3, -0.25) is 5.41 Å². The average molecular weight is 130 g/mol. The Morgan fingerprint density at radius 2 is 2.44 bits per heavy atom. The number of nitriles is 1. The van der Waals surface area contributed by atoms with Crippen LogP contribution in [0.5, 0.6) is 0 Å². The van der Waals surface area contributed by atoms with E-state index in [0.29, 0.717) is 0 Å². The Balaban J connectivity index is 3.72. The van der Waals surface area contributed by atoms with Gasteiger partial charge in [0.05, 0.1) is 6.54 Å². The van der Waals surface area contributed by atoms with E-state index >= 15 is 0 Å². The van der Waals surface area contributed by atoms with Crippen molar-refractivity contribution < 1.29 is 4.39 Å². The maximum Gasteiger partial charge on any atom is 0.201 e. The highest BCUT2D eigenvalue weighted by atomic mass is 19.1. The predicted molar refractivity (Wildman–Crippen MR) is 30.2 cm³/mol. The SMILES string of the molecule is N#CN(CCF)C(=N)N. The maximum atomic E-state index is 11.4. The van der Waals surface area contributed by atoms with Crippen LogP contribution in [0.2, 0.25) is 0 Å². The Morgan fingerprint density at radius 3 is 2.56 bits per heavy atom. The summed E-state index contributed by atoms with van der Waals surface area (Å²) in [6, 6.07) is 0. The lowest BCUT2D eigenvalue weighted by Gasteiger charge is -2.08. The van der Waals surface area contributed by atoms with Gasteiger partial charge in [0, 0.05) is 0 Å². The second-order valence-electron chi connectivity index (χ2n) is 1.33. The molecule has 0 aromatic rings. The molecular weight excluding hydrogens is 123 g/mol. The third kappa shape index (κ3) is 2.49. The largest absolute Gasteiger partial charge is 0.369 e. The molecule has 0 radical (unpaired) electrons. The minimum atomic E-state index is -0.673. The number of halogens is 1. The van der Waals surface area contributed by atoms with Gasteiger partial charge in [-0.2, -0.15) is 5.26 Å². The Bertz CT molecular complexity index is 138. The summed E-state index contributed by atoms with van der Waals surface area (Å²) in [4.78, 5) is 0.764. The minimum absolute atomic E-state index is 0.133.